The third-order valence-corrected chi connectivity index (χ3v) is 3.23. The molecule has 0 saturated carbocycles. The van der Waals surface area contributed by atoms with Crippen LogP contribution in [-0.4, -0.2) is 0 Å². The molecule has 1 unspecified atom stereocenters. The average Bonchev–Trinajstić information content (AvgIpc) is 2.22. The van der Waals surface area contributed by atoms with Crippen molar-refractivity contribution in [2.24, 2.45) is 5.73 Å². The molecule has 0 aliphatic rings. The molecule has 1 nitrogen and oxygen atoms in total. The molecule has 0 aliphatic carbocycles. The normalized spacial score (nSPS) is 12.8. The number of hydrogen-bond donors (Lipinski definition) is 1. The van der Waals surface area contributed by atoms with Crippen molar-refractivity contribution >= 4 is 23.2 Å². The first-order valence-electron chi connectivity index (χ1n) is 5.35. The van der Waals surface area contributed by atoms with E-state index >= 15 is 0 Å². The highest BCUT2D eigenvalue weighted by Crippen LogP contribution is 2.26. The van der Waals surface area contributed by atoms with Crippen LogP contribution in [0.2, 0.25) is 10.0 Å². The summed E-state index contributed by atoms with van der Waals surface area (Å²) in [5.41, 5.74) is 7.12. The Kier molecular flexibility index (Phi) is 5.44. The molecule has 2 N–H and O–H groups in total. The van der Waals surface area contributed by atoms with Crippen molar-refractivity contribution in [2.45, 2.75) is 38.6 Å². The van der Waals surface area contributed by atoms with Gasteiger partial charge >= 0.3 is 0 Å². The maximum Gasteiger partial charge on any atom is 0.0595 e. The summed E-state index contributed by atoms with van der Waals surface area (Å²) >= 11 is 11.8. The predicted octanol–water partition coefficient (Wildman–Crippen LogP) is 4.57. The zero-order valence-corrected chi connectivity index (χ0v) is 10.5. The molecule has 0 aliphatic heterocycles. The van der Waals surface area contributed by atoms with Crippen LogP contribution in [0.3, 0.4) is 0 Å². The Morgan fingerprint density at radius 3 is 2.53 bits per heavy atom. The molecule has 84 valence electrons. The van der Waals surface area contributed by atoms with Crippen molar-refractivity contribution in [3.8, 4) is 0 Å². The van der Waals surface area contributed by atoms with Crippen LogP contribution in [0.5, 0.6) is 0 Å². The zero-order valence-electron chi connectivity index (χ0n) is 8.97. The highest BCUT2D eigenvalue weighted by molar-refractivity contribution is 6.42. The fourth-order valence-electron chi connectivity index (χ4n) is 1.52. The van der Waals surface area contributed by atoms with E-state index in [-0.39, 0.29) is 6.04 Å². The van der Waals surface area contributed by atoms with Gasteiger partial charge in [-0.15, -0.1) is 0 Å². The summed E-state index contributed by atoms with van der Waals surface area (Å²) in [6, 6.07) is 5.69. The molecule has 0 amide bonds. The zero-order chi connectivity index (χ0) is 11.3. The highest BCUT2D eigenvalue weighted by Gasteiger charge is 2.07. The van der Waals surface area contributed by atoms with E-state index in [4.69, 9.17) is 28.9 Å². The molecular formula is C12H17Cl2N. The Hall–Kier alpha value is -0.240. The molecule has 0 bridgehead atoms. The van der Waals surface area contributed by atoms with Gasteiger partial charge in [0.05, 0.1) is 10.0 Å². The summed E-state index contributed by atoms with van der Waals surface area (Å²) in [5, 5.41) is 1.17. The summed E-state index contributed by atoms with van der Waals surface area (Å²) in [7, 11) is 0. The third kappa shape index (κ3) is 4.02. The third-order valence-electron chi connectivity index (χ3n) is 2.49. The molecule has 0 saturated heterocycles. The van der Waals surface area contributed by atoms with Crippen LogP contribution >= 0.6 is 23.2 Å². The molecule has 0 radical (unpaired) electrons. The first kappa shape index (κ1) is 12.8. The van der Waals surface area contributed by atoms with E-state index in [1.807, 2.05) is 12.1 Å². The molecule has 15 heavy (non-hydrogen) atoms. The molecule has 1 aromatic carbocycles. The van der Waals surface area contributed by atoms with Gasteiger partial charge in [-0.05, 0) is 24.1 Å². The second-order valence-corrected chi connectivity index (χ2v) is 4.59. The van der Waals surface area contributed by atoms with Gasteiger partial charge in [-0.1, -0.05) is 55.5 Å². The van der Waals surface area contributed by atoms with Crippen molar-refractivity contribution in [3.05, 3.63) is 33.8 Å². The molecule has 1 aromatic rings. The molecule has 0 fully saturated rings. The van der Waals surface area contributed by atoms with Crippen LogP contribution in [0.25, 0.3) is 0 Å². The molecular weight excluding hydrogens is 229 g/mol. The van der Waals surface area contributed by atoms with Crippen LogP contribution in [0.1, 0.15) is 44.2 Å². The molecule has 0 heterocycles. The van der Waals surface area contributed by atoms with Crippen LogP contribution in [0, 0.1) is 0 Å². The van der Waals surface area contributed by atoms with E-state index in [1.165, 1.54) is 12.8 Å². The second kappa shape index (κ2) is 6.37. The predicted molar refractivity (Wildman–Crippen MR) is 67.5 cm³/mol. The topological polar surface area (TPSA) is 26.0 Å². The Bertz CT molecular complexity index is 312. The Morgan fingerprint density at radius 2 is 1.93 bits per heavy atom. The molecule has 0 spiro atoms. The summed E-state index contributed by atoms with van der Waals surface area (Å²) < 4.78 is 0. The maximum absolute atomic E-state index is 6.05. The second-order valence-electron chi connectivity index (χ2n) is 3.78. The summed E-state index contributed by atoms with van der Waals surface area (Å²) in [5.74, 6) is 0. The number of rotatable bonds is 5. The number of halogens is 2. The number of nitrogens with two attached hydrogens (primary N) is 1. The number of benzene rings is 1. The van der Waals surface area contributed by atoms with Crippen molar-refractivity contribution in [1.82, 2.24) is 0 Å². The van der Waals surface area contributed by atoms with Gasteiger partial charge in [-0.25, -0.2) is 0 Å². The Morgan fingerprint density at radius 1 is 1.20 bits per heavy atom. The van der Waals surface area contributed by atoms with Gasteiger partial charge in [0.25, 0.3) is 0 Å². The van der Waals surface area contributed by atoms with Crippen molar-refractivity contribution in [1.29, 1.82) is 0 Å². The van der Waals surface area contributed by atoms with Gasteiger partial charge < -0.3 is 5.73 Å². The summed E-state index contributed by atoms with van der Waals surface area (Å²) in [6.45, 7) is 2.19. The van der Waals surface area contributed by atoms with Gasteiger partial charge in [0.1, 0.15) is 0 Å². The van der Waals surface area contributed by atoms with E-state index < -0.39 is 0 Å². The minimum atomic E-state index is 0.0753. The van der Waals surface area contributed by atoms with Gasteiger partial charge in [0.15, 0.2) is 0 Å². The smallest absolute Gasteiger partial charge is 0.0595 e. The fourth-order valence-corrected chi connectivity index (χ4v) is 1.83. The SMILES string of the molecule is CCCCCC(N)c1ccc(Cl)c(Cl)c1. The molecule has 0 aromatic heterocycles. The van der Waals surface area contributed by atoms with Gasteiger partial charge in [-0.3, -0.25) is 0 Å². The van der Waals surface area contributed by atoms with Crippen LogP contribution < -0.4 is 5.73 Å². The van der Waals surface area contributed by atoms with Crippen LogP contribution in [0.15, 0.2) is 18.2 Å². The van der Waals surface area contributed by atoms with Gasteiger partial charge in [0, 0.05) is 6.04 Å². The lowest BCUT2D eigenvalue weighted by Crippen LogP contribution is -2.09. The first-order chi connectivity index (χ1) is 7.15. The summed E-state index contributed by atoms with van der Waals surface area (Å²) in [6.07, 6.45) is 4.62. The van der Waals surface area contributed by atoms with Crippen LogP contribution in [-0.2, 0) is 0 Å². The lowest BCUT2D eigenvalue weighted by molar-refractivity contribution is 0.581. The number of unbranched alkanes of at least 4 members (excludes halogenated alkanes) is 2. The van der Waals surface area contributed by atoms with Gasteiger partial charge in [0.2, 0.25) is 0 Å². The van der Waals surface area contributed by atoms with E-state index in [0.717, 1.165) is 18.4 Å². The lowest BCUT2D eigenvalue weighted by atomic mass is 10.0. The van der Waals surface area contributed by atoms with Crippen molar-refractivity contribution in [2.75, 3.05) is 0 Å². The van der Waals surface area contributed by atoms with E-state index in [1.54, 1.807) is 6.07 Å². The minimum absolute atomic E-state index is 0.0753. The van der Waals surface area contributed by atoms with E-state index in [0.29, 0.717) is 10.0 Å². The monoisotopic (exact) mass is 245 g/mol. The van der Waals surface area contributed by atoms with Gasteiger partial charge in [-0.2, -0.15) is 0 Å². The summed E-state index contributed by atoms with van der Waals surface area (Å²) in [4.78, 5) is 0. The molecule has 1 atom stereocenters. The molecule has 1 rings (SSSR count). The van der Waals surface area contributed by atoms with Crippen molar-refractivity contribution in [3.63, 3.8) is 0 Å². The lowest BCUT2D eigenvalue weighted by Gasteiger charge is -2.12. The Balaban J connectivity index is 2.57. The molecule has 3 heteroatoms. The largest absolute Gasteiger partial charge is 0.324 e. The average molecular weight is 246 g/mol. The Labute approximate surface area is 102 Å². The van der Waals surface area contributed by atoms with E-state index in [9.17, 15) is 0 Å². The van der Waals surface area contributed by atoms with Crippen LogP contribution in [0.4, 0.5) is 0 Å². The minimum Gasteiger partial charge on any atom is -0.324 e. The van der Waals surface area contributed by atoms with E-state index in [2.05, 4.69) is 6.92 Å². The highest BCUT2D eigenvalue weighted by atomic mass is 35.5. The quantitative estimate of drug-likeness (QED) is 0.756. The fraction of sp³-hybridized carbons (Fsp3) is 0.500. The standard InChI is InChI=1S/C12H17Cl2N/c1-2-3-4-5-12(15)9-6-7-10(13)11(14)8-9/h6-8,12H,2-5,15H2,1H3. The maximum atomic E-state index is 6.05. The first-order valence-corrected chi connectivity index (χ1v) is 6.11. The van der Waals surface area contributed by atoms with Crippen molar-refractivity contribution < 1.29 is 0 Å². The number of hydrogen-bond acceptors (Lipinski definition) is 1.